The summed E-state index contributed by atoms with van der Waals surface area (Å²) in [6.07, 6.45) is 0. The van der Waals surface area contributed by atoms with Crippen LogP contribution in [0, 0.1) is 0 Å². The maximum Gasteiger partial charge on any atom is 0.320 e. The van der Waals surface area contributed by atoms with E-state index in [1.165, 1.54) is 99.0 Å². The summed E-state index contributed by atoms with van der Waals surface area (Å²) in [4.78, 5) is 104. The first-order chi connectivity index (χ1) is 53.5. The van der Waals surface area contributed by atoms with Crippen LogP contribution < -0.4 is 43.0 Å². The largest absolute Gasteiger partial charge is 0.479 e. The van der Waals surface area contributed by atoms with Crippen molar-refractivity contribution in [1.29, 1.82) is 0 Å². The third-order valence-corrected chi connectivity index (χ3v) is 23.2. The van der Waals surface area contributed by atoms with Crippen molar-refractivity contribution in [1.82, 2.24) is 39.0 Å². The zero-order valence-corrected chi connectivity index (χ0v) is 62.1. The molecule has 2 aliphatic rings. The first-order valence-electron chi connectivity index (χ1n) is 32.1. The van der Waals surface area contributed by atoms with E-state index in [9.17, 15) is 117 Å². The Morgan fingerprint density at radius 3 is 1.01 bits per heavy atom. The van der Waals surface area contributed by atoms with Crippen LogP contribution in [-0.4, -0.2) is 163 Å². The van der Waals surface area contributed by atoms with Crippen LogP contribution in [0.3, 0.4) is 0 Å². The van der Waals surface area contributed by atoms with Gasteiger partial charge in [-0.05, 0) is 83.9 Å². The van der Waals surface area contributed by atoms with Crippen LogP contribution >= 0.6 is 0 Å². The molecule has 0 fully saturated rings. The van der Waals surface area contributed by atoms with E-state index in [1.807, 2.05) is 0 Å². The molecule has 0 saturated carbocycles. The van der Waals surface area contributed by atoms with Crippen LogP contribution in [0.4, 0.5) is 57.9 Å². The molecule has 40 nitrogen and oxygen atoms in total. The number of hydrogen-bond donors (Lipinski definition) is 14. The Morgan fingerprint density at radius 2 is 0.675 bits per heavy atom. The van der Waals surface area contributed by atoms with E-state index in [-0.39, 0.29) is 102 Å². The maximum absolute atomic E-state index is 14.8. The Kier molecular flexibility index (Phi) is 18.9. The number of aromatic nitrogens is 8. The molecule has 0 saturated heterocycles. The zero-order chi connectivity index (χ0) is 82.1. The van der Waals surface area contributed by atoms with E-state index in [2.05, 4.69) is 61.8 Å². The lowest BCUT2D eigenvalue weighted by Crippen LogP contribution is -2.29. The minimum Gasteiger partial charge on any atom is -0.479 e. The topological polar surface area (TPSA) is 628 Å². The molecule has 12 aromatic rings. The van der Waals surface area contributed by atoms with E-state index >= 15 is 0 Å². The molecule has 0 unspecified atom stereocenters. The molecule has 46 heteroatoms. The number of rotatable bonds is 23. The van der Waals surface area contributed by atoms with Crippen LogP contribution in [0.5, 0.6) is 12.0 Å². The monoisotopic (exact) mass is 1670 g/mol. The molecule has 4 aromatic heterocycles. The molecule has 0 bridgehead atoms. The fourth-order valence-electron chi connectivity index (χ4n) is 13.1. The van der Waals surface area contributed by atoms with Crippen molar-refractivity contribution in [2.45, 2.75) is 29.4 Å². The summed E-state index contributed by atoms with van der Waals surface area (Å²) in [7, 11) is -29.5. The van der Waals surface area contributed by atoms with Gasteiger partial charge in [-0.25, -0.2) is 0 Å². The lowest BCUT2D eigenvalue weighted by atomic mass is 9.80. The number of aromatic hydroxyl groups is 2. The van der Waals surface area contributed by atoms with E-state index in [4.69, 9.17) is 0 Å². The highest BCUT2D eigenvalue weighted by Crippen LogP contribution is 2.48. The normalized spacial score (nSPS) is 12.8. The predicted molar refractivity (Wildman–Crippen MR) is 401 cm³/mol. The Morgan fingerprint density at radius 1 is 0.351 bits per heavy atom. The Hall–Kier alpha value is -13.3. The fourth-order valence-corrected chi connectivity index (χ4v) is 16.9. The van der Waals surface area contributed by atoms with Crippen LogP contribution in [0.15, 0.2) is 185 Å². The predicted octanol–water partition coefficient (Wildman–Crippen LogP) is 6.04. The number of carbonyl (C=O) groups is 4. The molecular weight excluding hydrogens is 1620 g/mol. The minimum atomic E-state index is -5.56. The average molecular weight is 1670 g/mol. The molecule has 582 valence electrons. The van der Waals surface area contributed by atoms with Gasteiger partial charge in [0.25, 0.3) is 71.8 Å². The lowest BCUT2D eigenvalue weighted by molar-refractivity contribution is 0.102. The van der Waals surface area contributed by atoms with Crippen LogP contribution in [-0.2, 0) is 74.8 Å². The SMILES string of the molecule is Cn1c(=O)c(C(=O)c2cccc(S(=O)(=O)O)c2)c2c3c(c(Nc4cc(Nc5nc(O)nc(NCCNc6nc(O)nc(Nc7cc(Nc8ccc9c%10c8C(=O)c8ccccc8-c%10c(C(=O)c8cccc(S(=O)(=O)O)c8)c(=O)n9C)c(S(=O)(=O)O)cc7S(=O)(=O)O)n6)n5)c(S(=O)(=O)O)cc4S(=O)(=O)O)ccc31)C(=O)c1ccccc1-2. The van der Waals surface area contributed by atoms with Crippen molar-refractivity contribution in [2.24, 2.45) is 14.1 Å². The molecule has 0 radical (unpaired) electrons. The number of anilines is 10. The van der Waals surface area contributed by atoms with Gasteiger partial charge in [0.2, 0.25) is 23.8 Å². The number of nitrogens with zero attached hydrogens (tertiary/aromatic N) is 8. The van der Waals surface area contributed by atoms with E-state index in [1.54, 1.807) is 0 Å². The van der Waals surface area contributed by atoms with E-state index in [0.717, 1.165) is 45.5 Å². The van der Waals surface area contributed by atoms with Crippen molar-refractivity contribution in [3.8, 4) is 34.3 Å². The molecule has 4 heterocycles. The summed E-state index contributed by atoms with van der Waals surface area (Å²) >= 11 is 0. The van der Waals surface area contributed by atoms with Crippen LogP contribution in [0.1, 0.15) is 63.7 Å². The summed E-state index contributed by atoms with van der Waals surface area (Å²) in [5.41, 5.74) is -8.62. The molecule has 0 aliphatic heterocycles. The second kappa shape index (κ2) is 27.9. The Balaban J connectivity index is 0.752. The summed E-state index contributed by atoms with van der Waals surface area (Å²) in [6, 6.07) is 24.4. The smallest absolute Gasteiger partial charge is 0.320 e. The van der Waals surface area contributed by atoms with Crippen molar-refractivity contribution < 1.29 is 107 Å². The van der Waals surface area contributed by atoms with Gasteiger partial charge < -0.3 is 51.2 Å². The number of fused-ring (bicyclic) bond motifs is 4. The van der Waals surface area contributed by atoms with Crippen LogP contribution in [0.25, 0.3) is 44.1 Å². The molecule has 14 rings (SSSR count). The summed E-state index contributed by atoms with van der Waals surface area (Å²) < 4.78 is 218. The number of carbonyl (C=O) groups excluding carboxylic acids is 4. The molecule has 0 spiro atoms. The highest BCUT2D eigenvalue weighted by atomic mass is 32.2. The number of nitrogens with one attached hydrogen (secondary N) is 6. The molecule has 14 N–H and O–H groups in total. The standard InChI is InChI=1S/C68H48N14O26S6/c1-81-43-19-17-37(51-53(43)49(33-13-3-5-15-35(33)59(51)85)55(61(81)87)57(83)29-9-7-11-31(23-29)109(91,92)93)71-39-25-41(47(113(103,104)105)27-45(39)111(97,98)99)73-65-75-63(77-67(89)79-65)69-21-22-70-64-76-66(80-68(90)78-64)74-42-26-40(46(112(100,101)102)28-48(42)114(106,107)108)72-38-18-20-44-54-50(34-14-4-6-16-36(34)60(86)52(38)54)56(62(88)82(44)2)58(84)30-10-8-12-32(24-30)110(94,95)96/h3-20,23-28,71-72H,21-22H2,1-2H3,(H,91,92,93)(H,94,95,96)(H,97,98,99)(H,100,101,102)(H,103,104,105)(H,106,107,108)(H3,69,73,75,77,79,89)(H3,70,74,76,78,80,90). The number of aryl methyl sites for hydroxylation is 2. The van der Waals surface area contributed by atoms with E-state index in [0.29, 0.717) is 24.3 Å². The first kappa shape index (κ1) is 77.5. The van der Waals surface area contributed by atoms with Crippen LogP contribution in [0.2, 0.25) is 0 Å². The summed E-state index contributed by atoms with van der Waals surface area (Å²) in [5.74, 6) is -6.27. The van der Waals surface area contributed by atoms with Crippen molar-refractivity contribution in [3.05, 3.63) is 211 Å². The molecule has 2 aliphatic carbocycles. The number of pyridine rings is 2. The van der Waals surface area contributed by atoms with Gasteiger partial charge in [-0.1, -0.05) is 72.8 Å². The van der Waals surface area contributed by atoms with Gasteiger partial charge >= 0.3 is 12.0 Å². The highest BCUT2D eigenvalue weighted by molar-refractivity contribution is 7.87. The van der Waals surface area contributed by atoms with Gasteiger partial charge in [0, 0.05) is 71.3 Å². The summed E-state index contributed by atoms with van der Waals surface area (Å²) in [5, 5.41) is 36.8. The second-order valence-electron chi connectivity index (χ2n) is 24.9. The van der Waals surface area contributed by atoms with Gasteiger partial charge in [0.15, 0.2) is 23.1 Å². The third-order valence-electron chi connectivity index (χ3n) is 18.0. The second-order valence-corrected chi connectivity index (χ2v) is 33.3. The molecule has 8 aromatic carbocycles. The van der Waals surface area contributed by atoms with Crippen molar-refractivity contribution >= 4 is 164 Å². The maximum atomic E-state index is 14.8. The summed E-state index contributed by atoms with van der Waals surface area (Å²) in [6.45, 7) is -0.667. The number of benzene rings is 8. The fraction of sp³-hybridized carbons (Fsp3) is 0.0588. The zero-order valence-electron chi connectivity index (χ0n) is 57.2. The van der Waals surface area contributed by atoms with Crippen molar-refractivity contribution in [2.75, 3.05) is 45.0 Å². The third kappa shape index (κ3) is 14.2. The lowest BCUT2D eigenvalue weighted by Gasteiger charge is -2.26. The Bertz CT molecular complexity index is 6840. The van der Waals surface area contributed by atoms with Gasteiger partial charge in [-0.3, -0.25) is 56.1 Å². The average Bonchev–Trinajstić information content (AvgIpc) is 0.709. The van der Waals surface area contributed by atoms with Gasteiger partial charge in [-0.15, -0.1) is 0 Å². The molecule has 0 amide bonds. The molecular formula is C68H48N14O26S6. The van der Waals surface area contributed by atoms with Gasteiger partial charge in [0.05, 0.1) is 77.2 Å². The Labute approximate surface area is 639 Å². The van der Waals surface area contributed by atoms with Gasteiger partial charge in [0.1, 0.15) is 19.6 Å². The van der Waals surface area contributed by atoms with Crippen molar-refractivity contribution in [3.63, 3.8) is 0 Å². The first-order valence-corrected chi connectivity index (χ1v) is 40.7. The number of hydrogen-bond acceptors (Lipinski definition) is 32. The quantitative estimate of drug-likeness (QED) is 0.0197. The van der Waals surface area contributed by atoms with E-state index < -0.39 is 194 Å². The number of ketones is 4. The highest BCUT2D eigenvalue weighted by Gasteiger charge is 2.39. The minimum absolute atomic E-state index is 0.0143. The molecule has 0 atom stereocenters. The molecule has 114 heavy (non-hydrogen) atoms. The van der Waals surface area contributed by atoms with Gasteiger partial charge in [-0.2, -0.15) is 80.4 Å².